The van der Waals surface area contributed by atoms with E-state index in [1.54, 1.807) is 49.6 Å². The SMILES string of the molecule is COc1ccc(C2=N/C(=C\c3cc4c(cc3Br)OCO4)C(=O)O2)cc1. The van der Waals surface area contributed by atoms with Gasteiger partial charge in [-0.2, -0.15) is 0 Å². The van der Waals surface area contributed by atoms with Gasteiger partial charge in [-0.3, -0.25) is 0 Å². The summed E-state index contributed by atoms with van der Waals surface area (Å²) in [7, 11) is 1.59. The standard InChI is InChI=1S/C18H12BrNO5/c1-22-12-4-2-10(3-5-12)17-20-14(18(21)25-17)6-11-7-15-16(8-13(11)19)24-9-23-15/h2-8H,9H2,1H3/b14-6-. The Balaban J connectivity index is 1.67. The van der Waals surface area contributed by atoms with Gasteiger partial charge in [0.25, 0.3) is 0 Å². The van der Waals surface area contributed by atoms with Crippen molar-refractivity contribution >= 4 is 33.9 Å². The molecule has 0 unspecified atom stereocenters. The van der Waals surface area contributed by atoms with E-state index >= 15 is 0 Å². The molecule has 2 aliphatic rings. The number of rotatable bonds is 3. The molecule has 2 heterocycles. The maximum absolute atomic E-state index is 12.1. The van der Waals surface area contributed by atoms with Crippen LogP contribution in [-0.2, 0) is 9.53 Å². The number of aliphatic imine (C=N–C) groups is 1. The summed E-state index contributed by atoms with van der Waals surface area (Å²) in [5.41, 5.74) is 1.66. The number of halogens is 1. The summed E-state index contributed by atoms with van der Waals surface area (Å²) in [6.07, 6.45) is 1.64. The van der Waals surface area contributed by atoms with Gasteiger partial charge in [0, 0.05) is 10.0 Å². The van der Waals surface area contributed by atoms with Gasteiger partial charge in [-0.1, -0.05) is 15.9 Å². The van der Waals surface area contributed by atoms with Crippen LogP contribution in [0.1, 0.15) is 11.1 Å². The van der Waals surface area contributed by atoms with Gasteiger partial charge < -0.3 is 18.9 Å². The highest BCUT2D eigenvalue weighted by Gasteiger charge is 2.25. The van der Waals surface area contributed by atoms with Crippen molar-refractivity contribution in [2.24, 2.45) is 4.99 Å². The second-order valence-corrected chi connectivity index (χ2v) is 6.15. The largest absolute Gasteiger partial charge is 0.497 e. The van der Waals surface area contributed by atoms with Gasteiger partial charge in [-0.25, -0.2) is 9.79 Å². The first-order valence-electron chi connectivity index (χ1n) is 7.40. The third kappa shape index (κ3) is 2.98. The maximum atomic E-state index is 12.1. The number of hydrogen-bond acceptors (Lipinski definition) is 6. The Morgan fingerprint density at radius 3 is 2.60 bits per heavy atom. The lowest BCUT2D eigenvalue weighted by molar-refractivity contribution is -0.129. The molecule has 0 amide bonds. The monoisotopic (exact) mass is 401 g/mol. The van der Waals surface area contributed by atoms with Crippen LogP contribution in [-0.4, -0.2) is 25.8 Å². The minimum atomic E-state index is -0.504. The lowest BCUT2D eigenvalue weighted by Gasteiger charge is -2.02. The van der Waals surface area contributed by atoms with Crippen LogP contribution in [0.25, 0.3) is 6.08 Å². The Labute approximate surface area is 151 Å². The normalized spacial score (nSPS) is 16.8. The third-order valence-corrected chi connectivity index (χ3v) is 4.43. The molecular weight excluding hydrogens is 390 g/mol. The van der Waals surface area contributed by atoms with E-state index < -0.39 is 5.97 Å². The summed E-state index contributed by atoms with van der Waals surface area (Å²) >= 11 is 3.46. The Bertz CT molecular complexity index is 918. The molecule has 0 bridgehead atoms. The van der Waals surface area contributed by atoms with Gasteiger partial charge in [0.05, 0.1) is 7.11 Å². The molecular formula is C18H12BrNO5. The van der Waals surface area contributed by atoms with Crippen LogP contribution in [0, 0.1) is 0 Å². The molecule has 2 aliphatic heterocycles. The summed E-state index contributed by atoms with van der Waals surface area (Å²) in [6, 6.07) is 10.7. The molecule has 2 aromatic rings. The zero-order chi connectivity index (χ0) is 17.4. The third-order valence-electron chi connectivity index (χ3n) is 3.74. The highest BCUT2D eigenvalue weighted by atomic mass is 79.9. The molecule has 0 radical (unpaired) electrons. The molecule has 6 nitrogen and oxygen atoms in total. The summed E-state index contributed by atoms with van der Waals surface area (Å²) in [6.45, 7) is 0.184. The van der Waals surface area contributed by atoms with Crippen LogP contribution >= 0.6 is 15.9 Å². The van der Waals surface area contributed by atoms with Crippen LogP contribution in [0.15, 0.2) is 51.6 Å². The van der Waals surface area contributed by atoms with E-state index in [4.69, 9.17) is 18.9 Å². The number of fused-ring (bicyclic) bond motifs is 1. The lowest BCUT2D eigenvalue weighted by Crippen LogP contribution is -2.05. The predicted molar refractivity (Wildman–Crippen MR) is 93.9 cm³/mol. The van der Waals surface area contributed by atoms with E-state index in [9.17, 15) is 4.79 Å². The first-order chi connectivity index (χ1) is 12.1. The first-order valence-corrected chi connectivity index (χ1v) is 8.19. The fraction of sp³-hybridized carbons (Fsp3) is 0.111. The first kappa shape index (κ1) is 15.7. The smallest absolute Gasteiger partial charge is 0.363 e. The van der Waals surface area contributed by atoms with Crippen LogP contribution < -0.4 is 14.2 Å². The number of carbonyl (C=O) groups excluding carboxylic acids is 1. The average molecular weight is 402 g/mol. The summed E-state index contributed by atoms with van der Waals surface area (Å²) < 4.78 is 21.8. The van der Waals surface area contributed by atoms with Gasteiger partial charge >= 0.3 is 5.97 Å². The number of carbonyl (C=O) groups is 1. The molecule has 0 spiro atoms. The van der Waals surface area contributed by atoms with Crippen molar-refractivity contribution in [1.29, 1.82) is 0 Å². The van der Waals surface area contributed by atoms with Gasteiger partial charge in [-0.05, 0) is 48.0 Å². The highest BCUT2D eigenvalue weighted by molar-refractivity contribution is 9.10. The van der Waals surface area contributed by atoms with Crippen molar-refractivity contribution in [2.45, 2.75) is 0 Å². The predicted octanol–water partition coefficient (Wildman–Crippen LogP) is 3.53. The van der Waals surface area contributed by atoms with E-state index in [2.05, 4.69) is 20.9 Å². The average Bonchev–Trinajstić information content (AvgIpc) is 3.22. The fourth-order valence-corrected chi connectivity index (χ4v) is 2.89. The Hall–Kier alpha value is -2.80. The summed E-state index contributed by atoms with van der Waals surface area (Å²) in [5, 5.41) is 0. The van der Waals surface area contributed by atoms with E-state index in [1.165, 1.54) is 0 Å². The van der Waals surface area contributed by atoms with Crippen molar-refractivity contribution in [3.8, 4) is 17.2 Å². The van der Waals surface area contributed by atoms with E-state index in [0.717, 1.165) is 10.0 Å². The zero-order valence-electron chi connectivity index (χ0n) is 13.1. The number of methoxy groups -OCH3 is 1. The van der Waals surface area contributed by atoms with Gasteiger partial charge in [-0.15, -0.1) is 0 Å². The number of cyclic esters (lactones) is 1. The molecule has 0 aliphatic carbocycles. The zero-order valence-corrected chi connectivity index (χ0v) is 14.7. The second-order valence-electron chi connectivity index (χ2n) is 5.29. The second kappa shape index (κ2) is 6.25. The Morgan fingerprint density at radius 2 is 1.88 bits per heavy atom. The van der Waals surface area contributed by atoms with E-state index in [-0.39, 0.29) is 18.4 Å². The van der Waals surface area contributed by atoms with Crippen molar-refractivity contribution in [2.75, 3.05) is 13.9 Å². The van der Waals surface area contributed by atoms with Crippen molar-refractivity contribution in [1.82, 2.24) is 0 Å². The number of esters is 1. The van der Waals surface area contributed by atoms with Gasteiger partial charge in [0.15, 0.2) is 17.2 Å². The summed E-state index contributed by atoms with van der Waals surface area (Å²) in [5.74, 6) is 1.76. The summed E-state index contributed by atoms with van der Waals surface area (Å²) in [4.78, 5) is 16.4. The van der Waals surface area contributed by atoms with Gasteiger partial charge in [0.2, 0.25) is 12.7 Å². The number of hydrogen-bond donors (Lipinski definition) is 0. The molecule has 0 saturated heterocycles. The minimum absolute atomic E-state index is 0.184. The number of nitrogens with zero attached hydrogens (tertiary/aromatic N) is 1. The maximum Gasteiger partial charge on any atom is 0.363 e. The quantitative estimate of drug-likeness (QED) is 0.581. The van der Waals surface area contributed by atoms with Crippen molar-refractivity contribution in [3.05, 3.63) is 57.7 Å². The minimum Gasteiger partial charge on any atom is -0.497 e. The molecule has 4 rings (SSSR count). The van der Waals surface area contributed by atoms with Crippen LogP contribution in [0.2, 0.25) is 0 Å². The molecule has 0 fully saturated rings. The molecule has 2 aromatic carbocycles. The van der Waals surface area contributed by atoms with Crippen LogP contribution in [0.4, 0.5) is 0 Å². The topological polar surface area (TPSA) is 66.3 Å². The molecule has 7 heteroatoms. The number of benzene rings is 2. The van der Waals surface area contributed by atoms with Crippen LogP contribution in [0.5, 0.6) is 17.2 Å². The Kier molecular flexibility index (Phi) is 3.93. The van der Waals surface area contributed by atoms with E-state index in [1.807, 2.05) is 0 Å². The van der Waals surface area contributed by atoms with E-state index in [0.29, 0.717) is 22.8 Å². The molecule has 0 atom stereocenters. The Morgan fingerprint density at radius 1 is 1.16 bits per heavy atom. The van der Waals surface area contributed by atoms with Crippen molar-refractivity contribution < 1.29 is 23.7 Å². The fourth-order valence-electron chi connectivity index (χ4n) is 2.46. The lowest BCUT2D eigenvalue weighted by atomic mass is 10.1. The highest BCUT2D eigenvalue weighted by Crippen LogP contribution is 2.38. The molecule has 0 N–H and O–H groups in total. The molecule has 0 saturated carbocycles. The molecule has 0 aromatic heterocycles. The molecule has 25 heavy (non-hydrogen) atoms. The van der Waals surface area contributed by atoms with Crippen molar-refractivity contribution in [3.63, 3.8) is 0 Å². The van der Waals surface area contributed by atoms with Crippen LogP contribution in [0.3, 0.4) is 0 Å². The van der Waals surface area contributed by atoms with Gasteiger partial charge in [0.1, 0.15) is 5.75 Å². The number of ether oxygens (including phenoxy) is 4. The molecule has 126 valence electrons.